The van der Waals surface area contributed by atoms with Gasteiger partial charge in [0.1, 0.15) is 0 Å². The number of aliphatic hydroxyl groups is 1. The first-order chi connectivity index (χ1) is 21.7. The van der Waals surface area contributed by atoms with Crippen molar-refractivity contribution in [3.63, 3.8) is 0 Å². The Bertz CT molecular complexity index is 1880. The molecule has 1 aromatic carbocycles. The van der Waals surface area contributed by atoms with Crippen molar-refractivity contribution < 1.29 is 37.2 Å². The number of allylic oxidation sites excluding steroid dienone is 2. The second kappa shape index (κ2) is 15.6. The summed E-state index contributed by atoms with van der Waals surface area (Å²) >= 11 is 1.51. The van der Waals surface area contributed by atoms with Gasteiger partial charge in [0.25, 0.3) is 0 Å². The Morgan fingerprint density at radius 2 is 1.71 bits per heavy atom. The normalized spacial score (nSPS) is 13.2. The topological polar surface area (TPSA) is 76.2 Å². The van der Waals surface area contributed by atoms with Gasteiger partial charge in [-0.2, -0.15) is 0 Å². The molecule has 243 valence electrons. The van der Waals surface area contributed by atoms with Crippen LogP contribution in [0.25, 0.3) is 43.4 Å². The number of aliphatic hydroxyl groups excluding tert-OH is 1. The predicted octanol–water partition coefficient (Wildman–Crippen LogP) is 11.1. The zero-order valence-electron chi connectivity index (χ0n) is 29.9. The van der Waals surface area contributed by atoms with Crippen molar-refractivity contribution >= 4 is 49.3 Å². The van der Waals surface area contributed by atoms with Crippen LogP contribution in [0.15, 0.2) is 52.8 Å². The summed E-state index contributed by atoms with van der Waals surface area (Å²) < 4.78 is 24.8. The number of fused-ring (bicyclic) bond motifs is 4. The van der Waals surface area contributed by atoms with Crippen molar-refractivity contribution in [3.8, 4) is 11.3 Å². The summed E-state index contributed by atoms with van der Waals surface area (Å²) in [6.45, 7) is 17.8. The van der Waals surface area contributed by atoms with Crippen LogP contribution in [0.4, 0.5) is 0 Å². The molecule has 0 unspecified atom stereocenters. The van der Waals surface area contributed by atoms with E-state index < -0.39 is 11.8 Å². The molecule has 5 nitrogen and oxygen atoms in total. The summed E-state index contributed by atoms with van der Waals surface area (Å²) in [6.07, 6.45) is 5.22. The second-order valence-electron chi connectivity index (χ2n) is 12.5. The fourth-order valence-corrected chi connectivity index (χ4v) is 6.82. The number of rotatable bonds is 9. The fraction of sp³-hybridized carbons (Fsp3) is 0.447. The zero-order valence-corrected chi connectivity index (χ0v) is 31.1. The average molecular weight is 806 g/mol. The number of pyridine rings is 2. The molecule has 0 aliphatic heterocycles. The number of carbonyl (C=O) groups is 1. The van der Waals surface area contributed by atoms with E-state index in [-0.39, 0.29) is 43.5 Å². The molecule has 0 aliphatic rings. The second-order valence-corrected chi connectivity index (χ2v) is 13.5. The number of benzene rings is 1. The first kappa shape index (κ1) is 33.5. The number of ketones is 1. The summed E-state index contributed by atoms with van der Waals surface area (Å²) in [6, 6.07) is 13.2. The maximum atomic E-state index is 11.7. The van der Waals surface area contributed by atoms with E-state index in [1.165, 1.54) is 17.4 Å². The number of hydrogen-bond acceptors (Lipinski definition) is 6. The third-order valence-corrected chi connectivity index (χ3v) is 9.26. The summed E-state index contributed by atoms with van der Waals surface area (Å²) in [5.41, 5.74) is 4.17. The summed E-state index contributed by atoms with van der Waals surface area (Å²) in [5.74, 6) is 0.547. The van der Waals surface area contributed by atoms with Gasteiger partial charge in [-0.3, -0.25) is 4.79 Å². The number of nitrogens with zero attached hydrogens (tertiary/aromatic N) is 2. The number of carbonyl (C=O) groups excluding carboxylic acids is 1. The summed E-state index contributed by atoms with van der Waals surface area (Å²) in [7, 11) is 0. The maximum Gasteiger partial charge on any atom is 0.216 e. The third-order valence-electron chi connectivity index (χ3n) is 8.09. The summed E-state index contributed by atoms with van der Waals surface area (Å²) in [4.78, 5) is 21.7. The van der Waals surface area contributed by atoms with Crippen LogP contribution < -0.4 is 0 Å². The van der Waals surface area contributed by atoms with Gasteiger partial charge in [-0.05, 0) is 80.5 Å². The molecule has 1 radical (unpaired) electrons. The number of furan rings is 1. The third kappa shape index (κ3) is 8.30. The molecule has 4 aromatic heterocycles. The molecule has 0 spiro atoms. The Balaban J connectivity index is 0.000000322. The first-order valence-electron chi connectivity index (χ1n) is 16.7. The van der Waals surface area contributed by atoms with Crippen molar-refractivity contribution in [2.75, 3.05) is 0 Å². The molecule has 5 aromatic rings. The molecule has 7 heteroatoms. The minimum atomic E-state index is -1.46. The van der Waals surface area contributed by atoms with Crippen LogP contribution in [0.2, 0.25) is 0 Å². The van der Waals surface area contributed by atoms with Gasteiger partial charge in [0, 0.05) is 73.3 Å². The van der Waals surface area contributed by atoms with E-state index in [2.05, 4.69) is 11.1 Å². The number of aromatic nitrogens is 2. The van der Waals surface area contributed by atoms with Crippen molar-refractivity contribution in [3.05, 3.63) is 70.6 Å². The van der Waals surface area contributed by atoms with Crippen LogP contribution in [-0.4, -0.2) is 20.9 Å². The fourth-order valence-electron chi connectivity index (χ4n) is 5.51. The van der Waals surface area contributed by atoms with Crippen molar-refractivity contribution in [2.24, 2.45) is 17.3 Å². The van der Waals surface area contributed by atoms with E-state index in [9.17, 15) is 9.90 Å². The molecular formula is C38H47IrN2O3S-. The van der Waals surface area contributed by atoms with Gasteiger partial charge in [-0.15, -0.1) is 29.5 Å². The van der Waals surface area contributed by atoms with Gasteiger partial charge < -0.3 is 14.5 Å². The van der Waals surface area contributed by atoms with Crippen molar-refractivity contribution in [1.29, 1.82) is 0 Å². The minimum Gasteiger partial charge on any atom is -0.512 e. The molecular weight excluding hydrogens is 757 g/mol. The van der Waals surface area contributed by atoms with Crippen LogP contribution in [0, 0.1) is 37.2 Å². The van der Waals surface area contributed by atoms with E-state index in [1.807, 2.05) is 92.6 Å². The van der Waals surface area contributed by atoms with Gasteiger partial charge in [-0.1, -0.05) is 59.4 Å². The van der Waals surface area contributed by atoms with Gasteiger partial charge in [0.2, 0.25) is 5.71 Å². The van der Waals surface area contributed by atoms with E-state index in [1.54, 1.807) is 6.20 Å². The number of hydrogen-bond donors (Lipinski definition) is 1. The molecule has 0 fully saturated rings. The van der Waals surface area contributed by atoms with Crippen LogP contribution in [0.1, 0.15) is 93.0 Å². The number of thiophene rings is 1. The Morgan fingerprint density at radius 1 is 1.04 bits per heavy atom. The maximum absolute atomic E-state index is 11.7. The molecule has 0 saturated carbocycles. The van der Waals surface area contributed by atoms with E-state index in [0.717, 1.165) is 73.9 Å². The average Bonchev–Trinajstić information content (AvgIpc) is 3.55. The Kier molecular flexibility index (Phi) is 11.6. The van der Waals surface area contributed by atoms with Gasteiger partial charge in [0.05, 0.1) is 11.3 Å². The Hall–Kier alpha value is -2.86. The number of aryl methyl sites for hydroxylation is 2. The van der Waals surface area contributed by atoms with Crippen molar-refractivity contribution in [1.82, 2.24) is 9.97 Å². The van der Waals surface area contributed by atoms with Gasteiger partial charge >= 0.3 is 0 Å². The van der Waals surface area contributed by atoms with Crippen LogP contribution >= 0.6 is 11.3 Å². The standard InChI is InChI=1S/C25H23N2OS.C13H24O2.Ir/c1-14-9-10-17-16-7-6-8-18(23(16)28-24(17)27-14)22-21-15(2)20(13-25(3,4)5)29-19(21)11-12-26-22;1-5-10(6-2)12(14)9-13(15)11(7-3)8-4;/h6-7,9-12H,13H2,1-5H3;9-11,14H,5-8H2,1-4H3;/q-1;;/b;12-9-;/i13D2;;. The largest absolute Gasteiger partial charge is 0.512 e. The van der Waals surface area contributed by atoms with Crippen LogP contribution in [0.3, 0.4) is 0 Å². The Morgan fingerprint density at radius 3 is 2.33 bits per heavy atom. The molecule has 0 bridgehead atoms. The SMILES string of the molecule is CCC(CC)C(=O)/C=C(\O)C(CC)CC.[2H]C([2H])(c1sc2ccnc(-c3[c-]ccc4c3oc3nc(C)ccc34)c2c1C)C(C)(C)C.[Ir]. The smallest absolute Gasteiger partial charge is 0.216 e. The first-order valence-corrected chi connectivity index (χ1v) is 16.5. The monoisotopic (exact) mass is 806 g/mol. The quantitative estimate of drug-likeness (QED) is 0.0912. The van der Waals surface area contributed by atoms with E-state index in [4.69, 9.17) is 12.1 Å². The van der Waals surface area contributed by atoms with Crippen LogP contribution in [0.5, 0.6) is 0 Å². The molecule has 1 N–H and O–H groups in total. The Labute approximate surface area is 288 Å². The molecule has 0 aliphatic carbocycles. The predicted molar refractivity (Wildman–Crippen MR) is 185 cm³/mol. The molecule has 45 heavy (non-hydrogen) atoms. The minimum absolute atomic E-state index is 0. The molecule has 4 heterocycles. The molecule has 0 amide bonds. The zero-order chi connectivity index (χ0) is 34.0. The van der Waals surface area contributed by atoms with Gasteiger partial charge in [-0.25, -0.2) is 4.98 Å². The summed E-state index contributed by atoms with van der Waals surface area (Å²) in [5, 5.41) is 12.7. The van der Waals surface area contributed by atoms with E-state index >= 15 is 0 Å². The van der Waals surface area contributed by atoms with E-state index in [0.29, 0.717) is 11.3 Å². The molecule has 0 atom stereocenters. The van der Waals surface area contributed by atoms with Crippen molar-refractivity contribution in [2.45, 2.75) is 94.4 Å². The molecule has 5 rings (SSSR count). The van der Waals surface area contributed by atoms with Crippen LogP contribution in [-0.2, 0) is 31.3 Å². The molecule has 0 saturated heterocycles. The van der Waals surface area contributed by atoms with Gasteiger partial charge in [0.15, 0.2) is 5.78 Å².